The number of nitrogens with zero attached hydrogens (tertiary/aromatic N) is 1. The van der Waals surface area contributed by atoms with Crippen LogP contribution >= 0.6 is 11.6 Å². The minimum Gasteiger partial charge on any atom is -0.366 e. The van der Waals surface area contributed by atoms with E-state index in [9.17, 15) is 9.18 Å². The Morgan fingerprint density at radius 3 is 2.76 bits per heavy atom. The third-order valence-corrected chi connectivity index (χ3v) is 3.77. The van der Waals surface area contributed by atoms with Gasteiger partial charge in [0.2, 0.25) is 5.91 Å². The van der Waals surface area contributed by atoms with Gasteiger partial charge in [-0.1, -0.05) is 23.7 Å². The predicted octanol–water partition coefficient (Wildman–Crippen LogP) is 3.58. The van der Waals surface area contributed by atoms with E-state index in [-0.39, 0.29) is 5.56 Å². The summed E-state index contributed by atoms with van der Waals surface area (Å²) >= 11 is 6.12. The van der Waals surface area contributed by atoms with E-state index >= 15 is 0 Å². The maximum Gasteiger partial charge on any atom is 0.248 e. The molecule has 0 unspecified atom stereocenters. The Bertz CT molecular complexity index is 841. The van der Waals surface area contributed by atoms with Gasteiger partial charge in [-0.3, -0.25) is 4.79 Å². The van der Waals surface area contributed by atoms with Crippen LogP contribution in [0.25, 0.3) is 10.9 Å². The van der Waals surface area contributed by atoms with Crippen LogP contribution in [0.3, 0.4) is 0 Å². The highest BCUT2D eigenvalue weighted by Crippen LogP contribution is 2.25. The van der Waals surface area contributed by atoms with Crippen molar-refractivity contribution in [1.82, 2.24) is 4.57 Å². The van der Waals surface area contributed by atoms with Crippen molar-refractivity contribution in [3.05, 3.63) is 70.6 Å². The van der Waals surface area contributed by atoms with Crippen LogP contribution in [0.5, 0.6) is 0 Å². The highest BCUT2D eigenvalue weighted by molar-refractivity contribution is 6.35. The molecule has 2 N–H and O–H groups in total. The fourth-order valence-corrected chi connectivity index (χ4v) is 2.57. The van der Waals surface area contributed by atoms with Crippen molar-refractivity contribution in [3.63, 3.8) is 0 Å². The molecule has 0 saturated heterocycles. The third-order valence-electron chi connectivity index (χ3n) is 3.44. The molecule has 1 aromatic heterocycles. The molecule has 0 fully saturated rings. The zero-order valence-electron chi connectivity index (χ0n) is 11.0. The molecule has 0 saturated carbocycles. The maximum absolute atomic E-state index is 14.0. The molecule has 0 aliphatic carbocycles. The van der Waals surface area contributed by atoms with Crippen LogP contribution in [0.2, 0.25) is 5.02 Å². The van der Waals surface area contributed by atoms with Crippen LogP contribution in [0, 0.1) is 5.82 Å². The topological polar surface area (TPSA) is 48.0 Å². The van der Waals surface area contributed by atoms with E-state index in [0.29, 0.717) is 17.1 Å². The van der Waals surface area contributed by atoms with Crippen LogP contribution in [-0.2, 0) is 6.54 Å². The molecule has 1 heterocycles. The summed E-state index contributed by atoms with van der Waals surface area (Å²) in [7, 11) is 0. The first-order chi connectivity index (χ1) is 10.1. The van der Waals surface area contributed by atoms with Gasteiger partial charge in [0.05, 0.1) is 6.54 Å². The number of carbonyl (C=O) groups is 1. The second kappa shape index (κ2) is 5.22. The number of primary amides is 1. The Morgan fingerprint density at radius 1 is 1.24 bits per heavy atom. The largest absolute Gasteiger partial charge is 0.366 e. The first-order valence-electron chi connectivity index (χ1n) is 6.38. The van der Waals surface area contributed by atoms with Crippen molar-refractivity contribution in [2.24, 2.45) is 5.73 Å². The Morgan fingerprint density at radius 2 is 2.05 bits per heavy atom. The van der Waals surface area contributed by atoms with E-state index in [1.165, 1.54) is 6.07 Å². The van der Waals surface area contributed by atoms with Crippen LogP contribution in [-0.4, -0.2) is 10.5 Å². The molecule has 0 atom stereocenters. The summed E-state index contributed by atoms with van der Waals surface area (Å²) in [6.07, 6.45) is 1.86. The van der Waals surface area contributed by atoms with E-state index in [4.69, 9.17) is 17.3 Å². The monoisotopic (exact) mass is 302 g/mol. The van der Waals surface area contributed by atoms with Crippen molar-refractivity contribution in [1.29, 1.82) is 0 Å². The van der Waals surface area contributed by atoms with Gasteiger partial charge in [-0.25, -0.2) is 4.39 Å². The molecule has 21 heavy (non-hydrogen) atoms. The Kier molecular flexibility index (Phi) is 3.39. The number of hydrogen-bond donors (Lipinski definition) is 1. The number of carbonyl (C=O) groups excluding carboxylic acids is 1. The van der Waals surface area contributed by atoms with E-state index in [1.807, 2.05) is 35.0 Å². The Balaban J connectivity index is 1.99. The number of nitrogens with two attached hydrogens (primary N) is 1. The van der Waals surface area contributed by atoms with Gasteiger partial charge in [-0.15, -0.1) is 0 Å². The fourth-order valence-electron chi connectivity index (χ4n) is 2.34. The number of rotatable bonds is 3. The molecule has 0 radical (unpaired) electrons. The molecule has 0 aliphatic rings. The number of amides is 1. The highest BCUT2D eigenvalue weighted by Gasteiger charge is 2.09. The summed E-state index contributed by atoms with van der Waals surface area (Å²) in [4.78, 5) is 11.0. The summed E-state index contributed by atoms with van der Waals surface area (Å²) in [6.45, 7) is 0.356. The average molecular weight is 303 g/mol. The van der Waals surface area contributed by atoms with Gasteiger partial charge < -0.3 is 10.3 Å². The first-order valence-corrected chi connectivity index (χ1v) is 6.75. The SMILES string of the molecule is NC(=O)c1ccc(Cn2ccc3c(Cl)cccc32)c(F)c1. The van der Waals surface area contributed by atoms with Crippen LogP contribution in [0.4, 0.5) is 4.39 Å². The summed E-state index contributed by atoms with van der Waals surface area (Å²) in [6, 6.07) is 11.8. The van der Waals surface area contributed by atoms with Crippen LogP contribution < -0.4 is 5.73 Å². The molecule has 3 rings (SSSR count). The number of benzene rings is 2. The van der Waals surface area contributed by atoms with Crippen molar-refractivity contribution in [2.75, 3.05) is 0 Å². The van der Waals surface area contributed by atoms with E-state index in [1.54, 1.807) is 6.07 Å². The molecular formula is C16H12ClFN2O. The molecule has 0 bridgehead atoms. The molecule has 5 heteroatoms. The lowest BCUT2D eigenvalue weighted by Crippen LogP contribution is -2.12. The van der Waals surface area contributed by atoms with Gasteiger partial charge in [-0.2, -0.15) is 0 Å². The molecule has 2 aromatic carbocycles. The zero-order chi connectivity index (χ0) is 15.0. The van der Waals surface area contributed by atoms with Crippen molar-refractivity contribution in [3.8, 4) is 0 Å². The standard InChI is InChI=1S/C16H12ClFN2O/c17-13-2-1-3-15-12(13)6-7-20(15)9-11-5-4-10(16(19)21)8-14(11)18/h1-8H,9H2,(H2,19,21). The Labute approximate surface area is 125 Å². The van der Waals surface area contributed by atoms with E-state index in [2.05, 4.69) is 0 Å². The second-order valence-electron chi connectivity index (χ2n) is 4.79. The molecule has 0 spiro atoms. The number of hydrogen-bond acceptors (Lipinski definition) is 1. The maximum atomic E-state index is 14.0. The van der Waals surface area contributed by atoms with Crippen LogP contribution in [0.1, 0.15) is 15.9 Å². The predicted molar refractivity (Wildman–Crippen MR) is 81.0 cm³/mol. The number of aromatic nitrogens is 1. The summed E-state index contributed by atoms with van der Waals surface area (Å²) in [5, 5.41) is 1.59. The van der Waals surface area contributed by atoms with Crippen molar-refractivity contribution in [2.45, 2.75) is 6.54 Å². The molecule has 3 aromatic rings. The summed E-state index contributed by atoms with van der Waals surface area (Å²) in [5.74, 6) is -1.09. The normalized spacial score (nSPS) is 11.0. The Hall–Kier alpha value is -2.33. The van der Waals surface area contributed by atoms with Crippen molar-refractivity contribution < 1.29 is 9.18 Å². The zero-order valence-corrected chi connectivity index (χ0v) is 11.8. The van der Waals surface area contributed by atoms with Gasteiger partial charge in [-0.05, 0) is 30.3 Å². The van der Waals surface area contributed by atoms with Crippen molar-refractivity contribution >= 4 is 28.4 Å². The first kappa shape index (κ1) is 13.6. The highest BCUT2D eigenvalue weighted by atomic mass is 35.5. The van der Waals surface area contributed by atoms with Gasteiger partial charge in [0.15, 0.2) is 0 Å². The van der Waals surface area contributed by atoms with Gasteiger partial charge in [0, 0.05) is 33.2 Å². The molecule has 3 nitrogen and oxygen atoms in total. The number of halogens is 2. The number of fused-ring (bicyclic) bond motifs is 1. The lowest BCUT2D eigenvalue weighted by atomic mass is 10.1. The van der Waals surface area contributed by atoms with E-state index in [0.717, 1.165) is 17.0 Å². The smallest absolute Gasteiger partial charge is 0.248 e. The molecule has 1 amide bonds. The molecule has 0 aliphatic heterocycles. The van der Waals surface area contributed by atoms with Gasteiger partial charge in [0.1, 0.15) is 5.82 Å². The second-order valence-corrected chi connectivity index (χ2v) is 5.19. The summed E-state index contributed by atoms with van der Waals surface area (Å²) in [5.41, 5.74) is 6.71. The fraction of sp³-hybridized carbons (Fsp3) is 0.0625. The quantitative estimate of drug-likeness (QED) is 0.790. The van der Waals surface area contributed by atoms with Gasteiger partial charge >= 0.3 is 0 Å². The molecular weight excluding hydrogens is 291 g/mol. The lowest BCUT2D eigenvalue weighted by molar-refractivity contribution is 0.1000. The van der Waals surface area contributed by atoms with Gasteiger partial charge in [0.25, 0.3) is 0 Å². The minimum atomic E-state index is -0.640. The summed E-state index contributed by atoms with van der Waals surface area (Å²) < 4.78 is 15.9. The average Bonchev–Trinajstić information content (AvgIpc) is 2.85. The van der Waals surface area contributed by atoms with E-state index < -0.39 is 11.7 Å². The molecule has 106 valence electrons. The lowest BCUT2D eigenvalue weighted by Gasteiger charge is -2.08. The minimum absolute atomic E-state index is 0.164. The third kappa shape index (κ3) is 2.50. The van der Waals surface area contributed by atoms with Crippen LogP contribution in [0.15, 0.2) is 48.7 Å².